The van der Waals surface area contributed by atoms with Crippen molar-refractivity contribution in [1.29, 1.82) is 0 Å². The summed E-state index contributed by atoms with van der Waals surface area (Å²) in [5, 5.41) is 4.85. The zero-order valence-corrected chi connectivity index (χ0v) is 19.7. The molecule has 0 aromatic carbocycles. The van der Waals surface area contributed by atoms with Crippen LogP contribution in [-0.4, -0.2) is 67.3 Å². The molecule has 1 aliphatic heterocycles. The number of pyridine rings is 1. The second kappa shape index (κ2) is 8.98. The molecule has 1 fully saturated rings. The first-order valence-corrected chi connectivity index (χ1v) is 11.5. The summed E-state index contributed by atoms with van der Waals surface area (Å²) < 4.78 is 40.1. The molecule has 0 bridgehead atoms. The van der Waals surface area contributed by atoms with Crippen LogP contribution in [0.25, 0.3) is 5.78 Å². The predicted octanol–water partition coefficient (Wildman–Crippen LogP) is 3.56. The lowest BCUT2D eigenvalue weighted by molar-refractivity contribution is -0.137. The number of carbonyl (C=O) groups is 1. The van der Waals surface area contributed by atoms with Crippen LogP contribution in [0.3, 0.4) is 0 Å². The number of hydrogen-bond acceptors (Lipinski definition) is 7. The number of alkyl halides is 3. The maximum absolute atomic E-state index is 12.8. The highest BCUT2D eigenvalue weighted by Crippen LogP contribution is 2.33. The minimum atomic E-state index is -4.50. The van der Waals surface area contributed by atoms with Crippen molar-refractivity contribution in [2.24, 2.45) is 0 Å². The molecule has 8 nitrogen and oxygen atoms in total. The molecule has 0 unspecified atom stereocenters. The monoisotopic (exact) mass is 499 g/mol. The maximum atomic E-state index is 12.8. The molecule has 0 saturated carbocycles. The zero-order chi connectivity index (χ0) is 23.9. The molecule has 1 aliphatic rings. The van der Waals surface area contributed by atoms with Crippen LogP contribution < -0.4 is 4.90 Å². The number of nitrogens with zero attached hydrogens (tertiary/aromatic N) is 7. The third-order valence-electron chi connectivity index (χ3n) is 5.65. The van der Waals surface area contributed by atoms with Crippen molar-refractivity contribution in [3.63, 3.8) is 0 Å². The molecule has 0 spiro atoms. The van der Waals surface area contributed by atoms with Crippen molar-refractivity contribution < 1.29 is 18.0 Å². The van der Waals surface area contributed by atoms with E-state index < -0.39 is 11.7 Å². The van der Waals surface area contributed by atoms with Crippen LogP contribution in [-0.2, 0) is 11.0 Å². The zero-order valence-electron chi connectivity index (χ0n) is 18.1. The largest absolute Gasteiger partial charge is 0.417 e. The van der Waals surface area contributed by atoms with Crippen molar-refractivity contribution in [1.82, 2.24) is 29.5 Å². The van der Waals surface area contributed by atoms with Gasteiger partial charge in [-0.25, -0.2) is 14.5 Å². The highest BCUT2D eigenvalue weighted by Gasteiger charge is 2.32. The van der Waals surface area contributed by atoms with Gasteiger partial charge >= 0.3 is 6.18 Å². The van der Waals surface area contributed by atoms with Crippen LogP contribution in [0.15, 0.2) is 17.4 Å². The molecule has 0 aliphatic carbocycles. The molecule has 1 amide bonds. The molecule has 176 valence electrons. The summed E-state index contributed by atoms with van der Waals surface area (Å²) in [6.45, 7) is 7.50. The summed E-state index contributed by atoms with van der Waals surface area (Å²) in [4.78, 5) is 28.9. The van der Waals surface area contributed by atoms with Crippen molar-refractivity contribution in [3.8, 4) is 0 Å². The first-order chi connectivity index (χ1) is 15.5. The SMILES string of the molecule is Cc1nc2nc(SCC(=O)N3CCN(c4ncc(C(F)(F)F)cc4Cl)CC3)nn2c(C)c1C. The number of aryl methyl sites for hydroxylation is 2. The van der Waals surface area contributed by atoms with Gasteiger partial charge in [-0.15, -0.1) is 5.10 Å². The third-order valence-corrected chi connectivity index (χ3v) is 6.75. The smallest absolute Gasteiger partial charge is 0.352 e. The summed E-state index contributed by atoms with van der Waals surface area (Å²) in [5.74, 6) is 0.892. The van der Waals surface area contributed by atoms with E-state index in [4.69, 9.17) is 11.6 Å². The molecular weight excluding hydrogens is 479 g/mol. The molecule has 0 radical (unpaired) electrons. The number of rotatable bonds is 4. The van der Waals surface area contributed by atoms with Crippen molar-refractivity contribution in [2.45, 2.75) is 32.1 Å². The topological polar surface area (TPSA) is 79.5 Å². The molecule has 0 atom stereocenters. The van der Waals surface area contributed by atoms with E-state index in [0.717, 1.165) is 29.2 Å². The van der Waals surface area contributed by atoms with Gasteiger partial charge in [0.25, 0.3) is 5.78 Å². The second-order valence-corrected chi connectivity index (χ2v) is 9.05. The summed E-state index contributed by atoms with van der Waals surface area (Å²) >= 11 is 7.28. The van der Waals surface area contributed by atoms with Crippen LogP contribution in [0.5, 0.6) is 0 Å². The number of hydrogen-bond donors (Lipinski definition) is 0. The quantitative estimate of drug-likeness (QED) is 0.508. The van der Waals surface area contributed by atoms with Gasteiger partial charge in [0.2, 0.25) is 11.1 Å². The number of fused-ring (bicyclic) bond motifs is 1. The number of carbonyl (C=O) groups excluding carboxylic acids is 1. The van der Waals surface area contributed by atoms with E-state index in [0.29, 0.717) is 37.1 Å². The van der Waals surface area contributed by atoms with Gasteiger partial charge < -0.3 is 9.80 Å². The fraction of sp³-hybridized carbons (Fsp3) is 0.450. The Labute approximate surface area is 197 Å². The van der Waals surface area contributed by atoms with Crippen LogP contribution >= 0.6 is 23.4 Å². The van der Waals surface area contributed by atoms with Gasteiger partial charge in [0.05, 0.1) is 16.3 Å². The van der Waals surface area contributed by atoms with Gasteiger partial charge in [-0.2, -0.15) is 18.2 Å². The number of amides is 1. The Kier molecular flexibility index (Phi) is 6.41. The second-order valence-electron chi connectivity index (χ2n) is 7.70. The molecule has 4 rings (SSSR count). The van der Waals surface area contributed by atoms with Gasteiger partial charge in [-0.05, 0) is 32.4 Å². The number of halogens is 4. The summed E-state index contributed by atoms with van der Waals surface area (Å²) in [6, 6.07) is 0.874. The minimum absolute atomic E-state index is 0.0625. The van der Waals surface area contributed by atoms with E-state index in [1.165, 1.54) is 11.8 Å². The third kappa shape index (κ3) is 4.86. The summed E-state index contributed by atoms with van der Waals surface area (Å²) in [6.07, 6.45) is -3.73. The van der Waals surface area contributed by atoms with Gasteiger partial charge in [0, 0.05) is 43.8 Å². The lowest BCUT2D eigenvalue weighted by atomic mass is 10.2. The van der Waals surface area contributed by atoms with Crippen LogP contribution in [0.1, 0.15) is 22.5 Å². The molecule has 33 heavy (non-hydrogen) atoms. The van der Waals surface area contributed by atoms with Crippen LogP contribution in [0, 0.1) is 20.8 Å². The van der Waals surface area contributed by atoms with Crippen LogP contribution in [0.2, 0.25) is 5.02 Å². The average molecular weight is 500 g/mol. The predicted molar refractivity (Wildman–Crippen MR) is 119 cm³/mol. The Morgan fingerprint density at radius 2 is 1.85 bits per heavy atom. The van der Waals surface area contributed by atoms with E-state index in [1.54, 1.807) is 14.3 Å². The van der Waals surface area contributed by atoms with Gasteiger partial charge in [0.15, 0.2) is 0 Å². The van der Waals surface area contributed by atoms with E-state index >= 15 is 0 Å². The first kappa shape index (κ1) is 23.6. The molecular formula is C20H21ClF3N7OS. The first-order valence-electron chi connectivity index (χ1n) is 10.1. The number of thioether (sulfide) groups is 1. The Bertz CT molecular complexity index is 1210. The fourth-order valence-electron chi connectivity index (χ4n) is 3.50. The molecule has 3 aromatic heterocycles. The van der Waals surface area contributed by atoms with Crippen molar-refractivity contribution in [3.05, 3.63) is 39.8 Å². The normalized spacial score (nSPS) is 14.9. The molecule has 13 heteroatoms. The van der Waals surface area contributed by atoms with Crippen molar-refractivity contribution >= 4 is 40.9 Å². The average Bonchev–Trinajstić information content (AvgIpc) is 3.18. The van der Waals surface area contributed by atoms with E-state index in [-0.39, 0.29) is 22.5 Å². The van der Waals surface area contributed by atoms with E-state index in [2.05, 4.69) is 20.1 Å². The van der Waals surface area contributed by atoms with E-state index in [1.807, 2.05) is 20.8 Å². The van der Waals surface area contributed by atoms with Gasteiger partial charge in [-0.1, -0.05) is 23.4 Å². The van der Waals surface area contributed by atoms with Gasteiger partial charge in [-0.3, -0.25) is 4.79 Å². The molecule has 1 saturated heterocycles. The Morgan fingerprint density at radius 3 is 2.48 bits per heavy atom. The Balaban J connectivity index is 1.35. The van der Waals surface area contributed by atoms with Crippen LogP contribution in [0.4, 0.5) is 19.0 Å². The standard InChI is InChI=1S/C20H21ClF3N7OS/c1-11-12(2)26-18-27-19(28-31(18)13(11)3)33-10-16(32)29-4-6-30(7-5-29)17-15(21)8-14(9-25-17)20(22,23)24/h8-9H,4-7,10H2,1-3H3. The Hall–Kier alpha value is -2.60. The summed E-state index contributed by atoms with van der Waals surface area (Å²) in [7, 11) is 0. The van der Waals surface area contributed by atoms with Gasteiger partial charge in [0.1, 0.15) is 5.82 Å². The lowest BCUT2D eigenvalue weighted by Gasteiger charge is -2.35. The van der Waals surface area contributed by atoms with E-state index in [9.17, 15) is 18.0 Å². The summed E-state index contributed by atoms with van der Waals surface area (Å²) in [5.41, 5.74) is 1.99. The molecule has 4 heterocycles. The number of anilines is 1. The molecule has 3 aromatic rings. The Morgan fingerprint density at radius 1 is 1.15 bits per heavy atom. The minimum Gasteiger partial charge on any atom is -0.352 e. The number of piperazine rings is 1. The highest BCUT2D eigenvalue weighted by molar-refractivity contribution is 7.99. The molecule has 0 N–H and O–H groups in total. The highest BCUT2D eigenvalue weighted by atomic mass is 35.5. The lowest BCUT2D eigenvalue weighted by Crippen LogP contribution is -2.49. The number of aromatic nitrogens is 5. The fourth-order valence-corrected chi connectivity index (χ4v) is 4.51. The van der Waals surface area contributed by atoms with Crippen molar-refractivity contribution in [2.75, 3.05) is 36.8 Å². The maximum Gasteiger partial charge on any atom is 0.417 e.